The van der Waals surface area contributed by atoms with Crippen LogP contribution in [0, 0.1) is 5.82 Å². The summed E-state index contributed by atoms with van der Waals surface area (Å²) in [5.74, 6) is -0.859. The molecule has 37 heavy (non-hydrogen) atoms. The van der Waals surface area contributed by atoms with Crippen LogP contribution in [0.4, 0.5) is 4.39 Å². The second kappa shape index (κ2) is 12.4. The summed E-state index contributed by atoms with van der Waals surface area (Å²) >= 11 is 1.53. The number of hydrogen-bond donors (Lipinski definition) is 1. The van der Waals surface area contributed by atoms with E-state index in [0.29, 0.717) is 55.4 Å². The number of halogens is 1. The lowest BCUT2D eigenvalue weighted by molar-refractivity contribution is -0.138. The molecule has 2 saturated heterocycles. The number of rotatable bonds is 10. The number of carboxylic acid groups (broad SMARTS) is 1. The van der Waals surface area contributed by atoms with E-state index < -0.39 is 5.97 Å². The number of benzene rings is 1. The van der Waals surface area contributed by atoms with Gasteiger partial charge in [0.25, 0.3) is 5.91 Å². The van der Waals surface area contributed by atoms with Crippen LogP contribution < -0.4 is 0 Å². The molecule has 1 amide bonds. The van der Waals surface area contributed by atoms with E-state index in [1.54, 1.807) is 6.07 Å². The molecule has 0 unspecified atom stereocenters. The zero-order chi connectivity index (χ0) is 26.4. The number of piperidine rings is 1. The summed E-state index contributed by atoms with van der Waals surface area (Å²) < 4.78 is 26.7. The largest absolute Gasteiger partial charge is 0.481 e. The Labute approximate surface area is 221 Å². The Kier molecular flexibility index (Phi) is 9.28. The van der Waals surface area contributed by atoms with Crippen LogP contribution in [0.25, 0.3) is 0 Å². The molecule has 0 aliphatic carbocycles. The number of morpholine rings is 1. The molecule has 2 aromatic rings. The minimum Gasteiger partial charge on any atom is -0.481 e. The number of carbonyl (C=O) groups is 2. The summed E-state index contributed by atoms with van der Waals surface area (Å²) in [6.07, 6.45) is 1.91. The third kappa shape index (κ3) is 7.13. The van der Waals surface area contributed by atoms with Crippen molar-refractivity contribution >= 4 is 23.2 Å². The number of aliphatic carboxylic acids is 1. The smallest absolute Gasteiger partial charge is 0.305 e. The van der Waals surface area contributed by atoms with Crippen LogP contribution in [0.15, 0.2) is 23.6 Å². The maximum absolute atomic E-state index is 15.1. The van der Waals surface area contributed by atoms with E-state index in [4.69, 9.17) is 14.6 Å². The molecule has 1 spiro atoms. The molecule has 0 saturated carbocycles. The van der Waals surface area contributed by atoms with Gasteiger partial charge in [-0.05, 0) is 24.8 Å². The Hall–Kier alpha value is -2.40. The Morgan fingerprint density at radius 3 is 2.68 bits per heavy atom. The normalized spacial score (nSPS) is 18.0. The maximum atomic E-state index is 15.1. The first-order valence-electron chi connectivity index (χ1n) is 12.9. The monoisotopic (exact) mass is 533 g/mol. The van der Waals surface area contributed by atoms with E-state index >= 15 is 4.39 Å². The first-order chi connectivity index (χ1) is 17.8. The maximum Gasteiger partial charge on any atom is 0.305 e. The SMILES string of the molecule is CC(C)c1nc(C(=O)N2CCOC3(CCN(Cc4cccc(CCOCCC(=O)O)c4F)CC3)C2)cs1. The second-order valence-electron chi connectivity index (χ2n) is 10.2. The molecule has 2 aliphatic heterocycles. The summed E-state index contributed by atoms with van der Waals surface area (Å²) in [4.78, 5) is 32.3. The van der Waals surface area contributed by atoms with E-state index in [9.17, 15) is 9.59 Å². The highest BCUT2D eigenvalue weighted by Crippen LogP contribution is 2.32. The van der Waals surface area contributed by atoms with Gasteiger partial charge in [0.05, 0.1) is 43.4 Å². The third-order valence-electron chi connectivity index (χ3n) is 7.07. The summed E-state index contributed by atoms with van der Waals surface area (Å²) in [5, 5.41) is 11.5. The van der Waals surface area contributed by atoms with Gasteiger partial charge < -0.3 is 19.5 Å². The van der Waals surface area contributed by atoms with Gasteiger partial charge in [0, 0.05) is 43.0 Å². The lowest BCUT2D eigenvalue weighted by Gasteiger charge is -2.47. The van der Waals surface area contributed by atoms with Crippen molar-refractivity contribution in [2.24, 2.45) is 0 Å². The number of amides is 1. The summed E-state index contributed by atoms with van der Waals surface area (Å²) in [7, 11) is 0. The Bertz CT molecular complexity index is 1080. The molecule has 2 aliphatic rings. The van der Waals surface area contributed by atoms with E-state index in [-0.39, 0.29) is 37.0 Å². The van der Waals surface area contributed by atoms with Crippen LogP contribution in [0.5, 0.6) is 0 Å². The number of likely N-dealkylation sites (tertiary alicyclic amines) is 1. The fourth-order valence-electron chi connectivity index (χ4n) is 4.89. The average molecular weight is 534 g/mol. The van der Waals surface area contributed by atoms with Crippen molar-refractivity contribution in [3.63, 3.8) is 0 Å². The van der Waals surface area contributed by atoms with Gasteiger partial charge in [0.1, 0.15) is 11.5 Å². The van der Waals surface area contributed by atoms with Gasteiger partial charge in [0.2, 0.25) is 0 Å². The second-order valence-corrected chi connectivity index (χ2v) is 11.0. The number of hydrogen-bond acceptors (Lipinski definition) is 7. The number of thiazole rings is 1. The molecule has 202 valence electrons. The van der Waals surface area contributed by atoms with E-state index in [1.807, 2.05) is 22.4 Å². The molecular formula is C27H36FN3O5S. The minimum absolute atomic E-state index is 0.0286. The van der Waals surface area contributed by atoms with Gasteiger partial charge in [-0.3, -0.25) is 14.5 Å². The zero-order valence-electron chi connectivity index (χ0n) is 21.6. The van der Waals surface area contributed by atoms with Crippen LogP contribution in [-0.2, 0) is 27.2 Å². The van der Waals surface area contributed by atoms with Crippen molar-refractivity contribution in [3.8, 4) is 0 Å². The fourth-order valence-corrected chi connectivity index (χ4v) is 5.69. The van der Waals surface area contributed by atoms with Crippen molar-refractivity contribution in [2.75, 3.05) is 46.0 Å². The molecule has 0 bridgehead atoms. The summed E-state index contributed by atoms with van der Waals surface area (Å²) in [6, 6.07) is 5.41. The molecule has 10 heteroatoms. The van der Waals surface area contributed by atoms with E-state index in [2.05, 4.69) is 23.7 Å². The molecule has 1 N–H and O–H groups in total. The molecule has 1 aromatic carbocycles. The molecule has 2 fully saturated rings. The molecule has 0 atom stereocenters. The highest BCUT2D eigenvalue weighted by Gasteiger charge is 2.41. The van der Waals surface area contributed by atoms with E-state index in [0.717, 1.165) is 30.9 Å². The first kappa shape index (κ1) is 27.6. The summed E-state index contributed by atoms with van der Waals surface area (Å²) in [6.45, 7) is 8.23. The van der Waals surface area contributed by atoms with Gasteiger partial charge >= 0.3 is 5.97 Å². The van der Waals surface area contributed by atoms with Crippen LogP contribution in [0.1, 0.15) is 65.7 Å². The fraction of sp³-hybridized carbons (Fsp3) is 0.593. The van der Waals surface area contributed by atoms with Crippen molar-refractivity contribution in [1.29, 1.82) is 0 Å². The molecule has 8 nitrogen and oxygen atoms in total. The predicted molar refractivity (Wildman–Crippen MR) is 138 cm³/mol. The van der Waals surface area contributed by atoms with Gasteiger partial charge in [-0.25, -0.2) is 9.37 Å². The molecule has 4 rings (SSSR count). The molecular weight excluding hydrogens is 497 g/mol. The Balaban J connectivity index is 1.29. The van der Waals surface area contributed by atoms with Crippen molar-refractivity contribution < 1.29 is 28.6 Å². The van der Waals surface area contributed by atoms with Crippen LogP contribution in [0.2, 0.25) is 0 Å². The van der Waals surface area contributed by atoms with Gasteiger partial charge in [-0.1, -0.05) is 32.0 Å². The quantitative estimate of drug-likeness (QED) is 0.463. The van der Waals surface area contributed by atoms with Gasteiger partial charge in [0.15, 0.2) is 0 Å². The van der Waals surface area contributed by atoms with Crippen LogP contribution in [0.3, 0.4) is 0 Å². The number of carbonyl (C=O) groups excluding carboxylic acids is 1. The van der Waals surface area contributed by atoms with Crippen molar-refractivity contribution in [1.82, 2.24) is 14.8 Å². The van der Waals surface area contributed by atoms with Crippen molar-refractivity contribution in [3.05, 3.63) is 51.2 Å². The lowest BCUT2D eigenvalue weighted by atomic mass is 9.89. The van der Waals surface area contributed by atoms with Crippen LogP contribution in [-0.4, -0.2) is 83.4 Å². The van der Waals surface area contributed by atoms with E-state index in [1.165, 1.54) is 11.3 Å². The Morgan fingerprint density at radius 2 is 1.97 bits per heavy atom. The number of nitrogens with zero attached hydrogens (tertiary/aromatic N) is 3. The summed E-state index contributed by atoms with van der Waals surface area (Å²) in [5.41, 5.74) is 1.37. The van der Waals surface area contributed by atoms with Gasteiger partial charge in [-0.2, -0.15) is 0 Å². The number of aromatic nitrogens is 1. The zero-order valence-corrected chi connectivity index (χ0v) is 22.4. The Morgan fingerprint density at radius 1 is 1.22 bits per heavy atom. The number of ether oxygens (including phenoxy) is 2. The van der Waals surface area contributed by atoms with Crippen LogP contribution >= 0.6 is 11.3 Å². The number of carboxylic acids is 1. The van der Waals surface area contributed by atoms with Gasteiger partial charge in [-0.15, -0.1) is 11.3 Å². The molecule has 0 radical (unpaired) electrons. The molecule has 1 aromatic heterocycles. The topological polar surface area (TPSA) is 92.2 Å². The standard InChI is InChI=1S/C27H36FN3O5S/c1-19(2)25-29-22(17-37-25)26(34)31-12-15-36-27(18-31)8-10-30(11-9-27)16-21-5-3-4-20(24(21)28)6-13-35-14-7-23(32)33/h3-5,17,19H,6-16,18H2,1-2H3,(H,32,33). The van der Waals surface area contributed by atoms with Crippen molar-refractivity contribution in [2.45, 2.75) is 57.6 Å². The lowest BCUT2D eigenvalue weighted by Crippen LogP contribution is -2.58. The first-order valence-corrected chi connectivity index (χ1v) is 13.8. The average Bonchev–Trinajstić information content (AvgIpc) is 3.38. The minimum atomic E-state index is -0.908. The third-order valence-corrected chi connectivity index (χ3v) is 8.21. The highest BCUT2D eigenvalue weighted by atomic mass is 32.1. The highest BCUT2D eigenvalue weighted by molar-refractivity contribution is 7.09. The molecule has 3 heterocycles. The predicted octanol–water partition coefficient (Wildman–Crippen LogP) is 3.95.